The van der Waals surface area contributed by atoms with Gasteiger partial charge in [0.05, 0.1) is 25.9 Å². The predicted molar refractivity (Wildman–Crippen MR) is 113 cm³/mol. The summed E-state index contributed by atoms with van der Waals surface area (Å²) in [4.78, 5) is 24.9. The van der Waals surface area contributed by atoms with Crippen molar-refractivity contribution in [2.24, 2.45) is 0 Å². The molecule has 0 radical (unpaired) electrons. The highest BCUT2D eigenvalue weighted by Crippen LogP contribution is 2.51. The van der Waals surface area contributed by atoms with Crippen LogP contribution in [0.4, 0.5) is 0 Å². The summed E-state index contributed by atoms with van der Waals surface area (Å²) in [6.45, 7) is 4.00. The van der Waals surface area contributed by atoms with E-state index in [4.69, 9.17) is 23.7 Å². The van der Waals surface area contributed by atoms with Gasteiger partial charge in [0.15, 0.2) is 11.5 Å². The third-order valence-corrected chi connectivity index (χ3v) is 5.79. The molecule has 1 aliphatic heterocycles. The summed E-state index contributed by atoms with van der Waals surface area (Å²) < 4.78 is 28.2. The van der Waals surface area contributed by atoms with Crippen molar-refractivity contribution in [2.75, 3.05) is 14.2 Å². The van der Waals surface area contributed by atoms with Gasteiger partial charge in [0.25, 0.3) is 0 Å². The molecule has 1 unspecified atom stereocenters. The Bertz CT molecular complexity index is 1020. The zero-order chi connectivity index (χ0) is 22.2. The zero-order valence-electron chi connectivity index (χ0n) is 18.2. The van der Waals surface area contributed by atoms with Gasteiger partial charge in [-0.3, -0.25) is 0 Å². The lowest BCUT2D eigenvalue weighted by atomic mass is 9.95. The molecule has 0 amide bonds. The second-order valence-electron chi connectivity index (χ2n) is 7.81. The molecule has 0 bridgehead atoms. The molecular weight excluding hydrogens is 400 g/mol. The van der Waals surface area contributed by atoms with Gasteiger partial charge in [-0.05, 0) is 37.1 Å². The number of benzene rings is 2. The Morgan fingerprint density at radius 1 is 1.06 bits per heavy atom. The highest BCUT2D eigenvalue weighted by molar-refractivity contribution is 5.97. The maximum atomic E-state index is 12.8. The maximum Gasteiger partial charge on any atom is 0.350 e. The van der Waals surface area contributed by atoms with Gasteiger partial charge in [-0.1, -0.05) is 19.1 Å². The van der Waals surface area contributed by atoms with E-state index in [-0.39, 0.29) is 24.6 Å². The molecule has 7 heteroatoms. The standard InChI is InChI=1S/C24H26O7/c1-5-14(2)30-23(26)24(11-12-24)31-20-16(9-10-19(27-3)21(20)28-4)15-7-6-8-17-18(15)13-29-22(17)25/h6-10,14H,5,11-13H2,1-4H3. The van der Waals surface area contributed by atoms with Gasteiger partial charge < -0.3 is 23.7 Å². The minimum Gasteiger partial charge on any atom is -0.493 e. The molecule has 1 heterocycles. The first-order valence-corrected chi connectivity index (χ1v) is 10.4. The molecule has 164 valence electrons. The van der Waals surface area contributed by atoms with Crippen LogP contribution in [0.15, 0.2) is 30.3 Å². The van der Waals surface area contributed by atoms with E-state index in [1.807, 2.05) is 26.0 Å². The molecule has 1 aliphatic carbocycles. The zero-order valence-corrected chi connectivity index (χ0v) is 18.2. The van der Waals surface area contributed by atoms with E-state index in [1.54, 1.807) is 18.2 Å². The molecule has 1 fully saturated rings. The molecular formula is C24H26O7. The minimum absolute atomic E-state index is 0.180. The van der Waals surface area contributed by atoms with E-state index in [0.29, 0.717) is 41.2 Å². The van der Waals surface area contributed by atoms with Crippen molar-refractivity contribution in [1.82, 2.24) is 0 Å². The molecule has 0 aromatic heterocycles. The third kappa shape index (κ3) is 3.69. The van der Waals surface area contributed by atoms with Crippen LogP contribution >= 0.6 is 0 Å². The first-order chi connectivity index (χ1) is 14.9. The van der Waals surface area contributed by atoms with Crippen molar-refractivity contribution in [2.45, 2.75) is 51.4 Å². The summed E-state index contributed by atoms with van der Waals surface area (Å²) in [5.74, 6) is 0.510. The van der Waals surface area contributed by atoms with Crippen LogP contribution in [0.3, 0.4) is 0 Å². The molecule has 2 aromatic carbocycles. The molecule has 2 aromatic rings. The topological polar surface area (TPSA) is 80.3 Å². The summed E-state index contributed by atoms with van der Waals surface area (Å²) >= 11 is 0. The number of rotatable bonds is 8. The van der Waals surface area contributed by atoms with Crippen LogP contribution in [0.25, 0.3) is 11.1 Å². The predicted octanol–water partition coefficient (Wildman–Crippen LogP) is 4.29. The van der Waals surface area contributed by atoms with Gasteiger partial charge in [0, 0.05) is 24.0 Å². The molecule has 0 saturated heterocycles. The van der Waals surface area contributed by atoms with E-state index in [2.05, 4.69) is 0 Å². The molecule has 1 saturated carbocycles. The van der Waals surface area contributed by atoms with Crippen LogP contribution in [0.2, 0.25) is 0 Å². The van der Waals surface area contributed by atoms with Gasteiger partial charge in [-0.15, -0.1) is 0 Å². The number of ether oxygens (including phenoxy) is 5. The van der Waals surface area contributed by atoms with Crippen LogP contribution < -0.4 is 14.2 Å². The lowest BCUT2D eigenvalue weighted by molar-refractivity contribution is -0.159. The highest BCUT2D eigenvalue weighted by Gasteiger charge is 2.56. The van der Waals surface area contributed by atoms with E-state index in [1.165, 1.54) is 14.2 Å². The monoisotopic (exact) mass is 426 g/mol. The molecule has 2 aliphatic rings. The highest BCUT2D eigenvalue weighted by atomic mass is 16.6. The minimum atomic E-state index is -1.05. The fourth-order valence-corrected chi connectivity index (χ4v) is 3.64. The number of hydrogen-bond donors (Lipinski definition) is 0. The van der Waals surface area contributed by atoms with Gasteiger partial charge in [-0.25, -0.2) is 9.59 Å². The van der Waals surface area contributed by atoms with Crippen molar-refractivity contribution in [3.05, 3.63) is 41.5 Å². The van der Waals surface area contributed by atoms with Gasteiger partial charge in [-0.2, -0.15) is 0 Å². The Morgan fingerprint density at radius 2 is 1.81 bits per heavy atom. The van der Waals surface area contributed by atoms with Crippen LogP contribution in [0, 0.1) is 0 Å². The van der Waals surface area contributed by atoms with Crippen LogP contribution in [0.5, 0.6) is 17.2 Å². The third-order valence-electron chi connectivity index (χ3n) is 5.79. The normalized spacial score (nSPS) is 16.7. The van der Waals surface area contributed by atoms with E-state index >= 15 is 0 Å². The number of cyclic esters (lactones) is 1. The SMILES string of the molecule is CCC(C)OC(=O)C1(Oc2c(-c3cccc4c3COC4=O)ccc(OC)c2OC)CC1. The average Bonchev–Trinajstić information content (AvgIpc) is 3.48. The smallest absolute Gasteiger partial charge is 0.350 e. The van der Waals surface area contributed by atoms with Crippen molar-refractivity contribution in [1.29, 1.82) is 0 Å². The maximum absolute atomic E-state index is 12.8. The lowest BCUT2D eigenvalue weighted by Gasteiger charge is -2.24. The Hall–Kier alpha value is -3.22. The molecule has 7 nitrogen and oxygen atoms in total. The van der Waals surface area contributed by atoms with Gasteiger partial charge >= 0.3 is 11.9 Å². The Morgan fingerprint density at radius 3 is 2.45 bits per heavy atom. The molecule has 0 spiro atoms. The lowest BCUT2D eigenvalue weighted by Crippen LogP contribution is -2.34. The van der Waals surface area contributed by atoms with Gasteiger partial charge in [0.2, 0.25) is 11.4 Å². The number of esters is 2. The van der Waals surface area contributed by atoms with Crippen molar-refractivity contribution in [3.63, 3.8) is 0 Å². The van der Waals surface area contributed by atoms with Crippen molar-refractivity contribution in [3.8, 4) is 28.4 Å². The van der Waals surface area contributed by atoms with Crippen LogP contribution in [0.1, 0.15) is 49.0 Å². The quantitative estimate of drug-likeness (QED) is 0.583. The number of carbonyl (C=O) groups excluding carboxylic acids is 2. The number of carbonyl (C=O) groups is 2. The molecule has 0 N–H and O–H groups in total. The summed E-state index contributed by atoms with van der Waals surface area (Å²) in [7, 11) is 3.06. The Kier molecular flexibility index (Phi) is 5.52. The number of hydrogen-bond acceptors (Lipinski definition) is 7. The van der Waals surface area contributed by atoms with Gasteiger partial charge in [0.1, 0.15) is 6.61 Å². The summed E-state index contributed by atoms with van der Waals surface area (Å²) in [6, 6.07) is 9.04. The average molecular weight is 426 g/mol. The first kappa shape index (κ1) is 21.0. The van der Waals surface area contributed by atoms with Crippen LogP contribution in [-0.2, 0) is 20.9 Å². The second kappa shape index (κ2) is 8.13. The summed E-state index contributed by atoms with van der Waals surface area (Å²) in [5.41, 5.74) is 1.72. The first-order valence-electron chi connectivity index (χ1n) is 10.4. The second-order valence-corrected chi connectivity index (χ2v) is 7.81. The van der Waals surface area contributed by atoms with E-state index < -0.39 is 5.60 Å². The largest absolute Gasteiger partial charge is 0.493 e. The van der Waals surface area contributed by atoms with E-state index in [0.717, 1.165) is 17.5 Å². The van der Waals surface area contributed by atoms with E-state index in [9.17, 15) is 9.59 Å². The molecule has 4 rings (SSSR count). The number of methoxy groups -OCH3 is 2. The van der Waals surface area contributed by atoms with Crippen molar-refractivity contribution >= 4 is 11.9 Å². The molecule has 31 heavy (non-hydrogen) atoms. The van der Waals surface area contributed by atoms with Crippen molar-refractivity contribution < 1.29 is 33.3 Å². The molecule has 1 atom stereocenters. The Labute approximate surface area is 181 Å². The number of fused-ring (bicyclic) bond motifs is 1. The van der Waals surface area contributed by atoms with Crippen LogP contribution in [-0.4, -0.2) is 37.9 Å². The summed E-state index contributed by atoms with van der Waals surface area (Å²) in [5, 5.41) is 0. The fraction of sp³-hybridized carbons (Fsp3) is 0.417. The fourth-order valence-electron chi connectivity index (χ4n) is 3.64. The Balaban J connectivity index is 1.81. The summed E-state index contributed by atoms with van der Waals surface area (Å²) in [6.07, 6.45) is 1.63.